The summed E-state index contributed by atoms with van der Waals surface area (Å²) in [6, 6.07) is 8.81. The summed E-state index contributed by atoms with van der Waals surface area (Å²) in [6.07, 6.45) is 10.7. The van der Waals surface area contributed by atoms with Crippen LogP contribution in [0.25, 0.3) is 11.3 Å². The smallest absolute Gasteiger partial charge is 0.253 e. The molecule has 2 saturated carbocycles. The average molecular weight is 469 g/mol. The highest BCUT2D eigenvalue weighted by molar-refractivity contribution is 6.31. The Morgan fingerprint density at radius 1 is 1.09 bits per heavy atom. The second-order valence-corrected chi connectivity index (χ2v) is 11.2. The molecule has 3 aliphatic rings. The van der Waals surface area contributed by atoms with Crippen LogP contribution in [0.1, 0.15) is 86.3 Å². The molecule has 0 atom stereocenters. The molecule has 1 aromatic heterocycles. The molecular weight excluding hydrogens is 432 g/mol. The van der Waals surface area contributed by atoms with Crippen molar-refractivity contribution in [1.29, 1.82) is 0 Å². The van der Waals surface area contributed by atoms with E-state index in [0.717, 1.165) is 60.1 Å². The first-order valence-electron chi connectivity index (χ1n) is 12.8. The second-order valence-electron chi connectivity index (χ2n) is 10.8. The Labute approximate surface area is 203 Å². The number of carbonyl (C=O) groups excluding carboxylic acids is 1. The number of rotatable bonds is 6. The van der Waals surface area contributed by atoms with Gasteiger partial charge in [0.25, 0.3) is 5.91 Å². The molecular formula is C28H37ClN2O2. The van der Waals surface area contributed by atoms with Crippen LogP contribution < -0.4 is 5.32 Å². The molecule has 5 heteroatoms. The zero-order valence-corrected chi connectivity index (χ0v) is 20.8. The van der Waals surface area contributed by atoms with Gasteiger partial charge in [0.05, 0.1) is 5.56 Å². The lowest BCUT2D eigenvalue weighted by Gasteiger charge is -2.25. The first-order valence-corrected chi connectivity index (χ1v) is 13.2. The Morgan fingerprint density at radius 3 is 2.52 bits per heavy atom. The van der Waals surface area contributed by atoms with Gasteiger partial charge < -0.3 is 14.6 Å². The molecule has 5 rings (SSSR count). The standard InChI is InChI=1S/C28H37ClN2O2/c1-19-25(27(32)30-24-8-12-33-13-9-24)17-26(31(19)18-20-6-4-3-5-7-20)21-14-22(16-23(29)15-21)28(2)10-11-28/h14-17,20,24H,3-13,18H2,1-2H3,(H,30,32). The van der Waals surface area contributed by atoms with Gasteiger partial charge in [0.2, 0.25) is 0 Å². The molecule has 33 heavy (non-hydrogen) atoms. The topological polar surface area (TPSA) is 43.3 Å². The van der Waals surface area contributed by atoms with Crippen LogP contribution in [0.3, 0.4) is 0 Å². The Kier molecular flexibility index (Phi) is 6.59. The molecule has 178 valence electrons. The zero-order chi connectivity index (χ0) is 23.0. The van der Waals surface area contributed by atoms with E-state index in [1.54, 1.807) is 0 Å². The molecule has 0 unspecified atom stereocenters. The monoisotopic (exact) mass is 468 g/mol. The van der Waals surface area contributed by atoms with Gasteiger partial charge in [0.1, 0.15) is 0 Å². The van der Waals surface area contributed by atoms with E-state index < -0.39 is 0 Å². The van der Waals surface area contributed by atoms with Crippen LogP contribution >= 0.6 is 11.6 Å². The number of amides is 1. The summed E-state index contributed by atoms with van der Waals surface area (Å²) in [4.78, 5) is 13.3. The summed E-state index contributed by atoms with van der Waals surface area (Å²) in [6.45, 7) is 6.86. The number of ether oxygens (including phenoxy) is 1. The average Bonchev–Trinajstić information content (AvgIpc) is 3.49. The number of hydrogen-bond acceptors (Lipinski definition) is 2. The quantitative estimate of drug-likeness (QED) is 0.515. The largest absolute Gasteiger partial charge is 0.381 e. The van der Waals surface area contributed by atoms with Crippen molar-refractivity contribution >= 4 is 17.5 Å². The van der Waals surface area contributed by atoms with Crippen molar-refractivity contribution in [3.8, 4) is 11.3 Å². The number of aromatic nitrogens is 1. The van der Waals surface area contributed by atoms with Gasteiger partial charge >= 0.3 is 0 Å². The van der Waals surface area contributed by atoms with Crippen LogP contribution in [0.4, 0.5) is 0 Å². The molecule has 0 radical (unpaired) electrons. The van der Waals surface area contributed by atoms with Gasteiger partial charge in [0, 0.05) is 42.2 Å². The first-order chi connectivity index (χ1) is 15.9. The number of carbonyl (C=O) groups is 1. The molecule has 2 heterocycles. The molecule has 2 aliphatic carbocycles. The van der Waals surface area contributed by atoms with Gasteiger partial charge in [-0.15, -0.1) is 0 Å². The Balaban J connectivity index is 1.50. The third kappa shape index (κ3) is 5.02. The van der Waals surface area contributed by atoms with Crippen molar-refractivity contribution < 1.29 is 9.53 Å². The molecule has 1 amide bonds. The van der Waals surface area contributed by atoms with E-state index in [0.29, 0.717) is 5.92 Å². The summed E-state index contributed by atoms with van der Waals surface area (Å²) in [5.41, 5.74) is 5.70. The number of nitrogens with zero attached hydrogens (tertiary/aromatic N) is 1. The maximum atomic E-state index is 13.3. The van der Waals surface area contributed by atoms with Crippen LogP contribution in [0, 0.1) is 12.8 Å². The highest BCUT2D eigenvalue weighted by Gasteiger charge is 2.39. The van der Waals surface area contributed by atoms with E-state index in [-0.39, 0.29) is 17.4 Å². The van der Waals surface area contributed by atoms with Gasteiger partial charge in [-0.25, -0.2) is 0 Å². The first kappa shape index (κ1) is 23.0. The summed E-state index contributed by atoms with van der Waals surface area (Å²) in [5, 5.41) is 4.05. The fourth-order valence-electron chi connectivity index (χ4n) is 5.64. The minimum Gasteiger partial charge on any atom is -0.381 e. The fraction of sp³-hybridized carbons (Fsp3) is 0.607. The lowest BCUT2D eigenvalue weighted by molar-refractivity contribution is 0.0696. The highest BCUT2D eigenvalue weighted by atomic mass is 35.5. The highest BCUT2D eigenvalue weighted by Crippen LogP contribution is 2.49. The van der Waals surface area contributed by atoms with E-state index in [4.69, 9.17) is 16.3 Å². The maximum Gasteiger partial charge on any atom is 0.253 e. The van der Waals surface area contributed by atoms with Crippen LogP contribution in [0.2, 0.25) is 5.02 Å². The molecule has 0 bridgehead atoms. The Bertz CT molecular complexity index is 1010. The van der Waals surface area contributed by atoms with Crippen LogP contribution in [0.5, 0.6) is 0 Å². The third-order valence-electron chi connectivity index (χ3n) is 8.22. The molecule has 1 aliphatic heterocycles. The van der Waals surface area contributed by atoms with E-state index in [2.05, 4.69) is 48.0 Å². The summed E-state index contributed by atoms with van der Waals surface area (Å²) >= 11 is 6.62. The van der Waals surface area contributed by atoms with Crippen LogP contribution in [-0.2, 0) is 16.7 Å². The van der Waals surface area contributed by atoms with Gasteiger partial charge in [0.15, 0.2) is 0 Å². The third-order valence-corrected chi connectivity index (χ3v) is 8.44. The molecule has 2 aromatic rings. The van der Waals surface area contributed by atoms with Gasteiger partial charge in [-0.3, -0.25) is 4.79 Å². The zero-order valence-electron chi connectivity index (χ0n) is 20.1. The normalized spacial score (nSPS) is 21.2. The SMILES string of the molecule is Cc1c(C(=O)NC2CCOCC2)cc(-c2cc(Cl)cc(C3(C)CC3)c2)n1CC1CCCCC1. The van der Waals surface area contributed by atoms with Crippen molar-refractivity contribution in [3.63, 3.8) is 0 Å². The van der Waals surface area contributed by atoms with E-state index in [9.17, 15) is 4.79 Å². The lowest BCUT2D eigenvalue weighted by atomic mass is 9.89. The minimum absolute atomic E-state index is 0.0412. The predicted octanol–water partition coefficient (Wildman–Crippen LogP) is 6.66. The number of hydrogen-bond donors (Lipinski definition) is 1. The second kappa shape index (κ2) is 9.46. The number of benzene rings is 1. The fourth-order valence-corrected chi connectivity index (χ4v) is 5.88. The van der Waals surface area contributed by atoms with Gasteiger partial charge in [-0.2, -0.15) is 0 Å². The Hall–Kier alpha value is -1.78. The Morgan fingerprint density at radius 2 is 1.82 bits per heavy atom. The van der Waals surface area contributed by atoms with E-state index in [1.807, 2.05) is 0 Å². The molecule has 4 nitrogen and oxygen atoms in total. The van der Waals surface area contributed by atoms with E-state index >= 15 is 0 Å². The van der Waals surface area contributed by atoms with Crippen LogP contribution in [-0.4, -0.2) is 29.7 Å². The molecule has 0 spiro atoms. The van der Waals surface area contributed by atoms with Crippen molar-refractivity contribution in [2.24, 2.45) is 5.92 Å². The molecule has 1 N–H and O–H groups in total. The lowest BCUT2D eigenvalue weighted by Crippen LogP contribution is -2.39. The van der Waals surface area contributed by atoms with Crippen LogP contribution in [0.15, 0.2) is 24.3 Å². The minimum atomic E-state index is 0.0412. The summed E-state index contributed by atoms with van der Waals surface area (Å²) < 4.78 is 7.87. The van der Waals surface area contributed by atoms with Gasteiger partial charge in [-0.05, 0) is 92.2 Å². The number of halogens is 1. The predicted molar refractivity (Wildman–Crippen MR) is 134 cm³/mol. The van der Waals surface area contributed by atoms with Gasteiger partial charge in [-0.1, -0.05) is 37.8 Å². The maximum absolute atomic E-state index is 13.3. The summed E-state index contributed by atoms with van der Waals surface area (Å²) in [7, 11) is 0. The molecule has 3 fully saturated rings. The summed E-state index contributed by atoms with van der Waals surface area (Å²) in [5.74, 6) is 0.717. The van der Waals surface area contributed by atoms with Crippen molar-refractivity contribution in [2.75, 3.05) is 13.2 Å². The molecule has 1 aromatic carbocycles. The van der Waals surface area contributed by atoms with E-state index in [1.165, 1.54) is 50.5 Å². The number of nitrogens with one attached hydrogen (secondary N) is 1. The van der Waals surface area contributed by atoms with Crippen molar-refractivity contribution in [1.82, 2.24) is 9.88 Å². The van der Waals surface area contributed by atoms with Crippen molar-refractivity contribution in [2.45, 2.75) is 89.6 Å². The van der Waals surface area contributed by atoms with Crippen molar-refractivity contribution in [3.05, 3.63) is 46.1 Å². The molecule has 1 saturated heterocycles.